The first-order valence-electron chi connectivity index (χ1n) is 7.40. The van der Waals surface area contributed by atoms with Crippen LogP contribution in [-0.4, -0.2) is 32.3 Å². The lowest BCUT2D eigenvalue weighted by Gasteiger charge is -2.53. The monoisotopic (exact) mass is 273 g/mol. The van der Waals surface area contributed by atoms with Crippen molar-refractivity contribution in [1.29, 1.82) is 0 Å². The third-order valence-electron chi connectivity index (χ3n) is 4.53. The van der Waals surface area contributed by atoms with Crippen LogP contribution >= 0.6 is 0 Å². The van der Waals surface area contributed by atoms with Crippen LogP contribution in [-0.2, 0) is 7.05 Å². The standard InChI is InChI=1S/C15H23N5/c1-9(2)12-7-20(13(12)10(3)4)15-11-6-18-19(5)14(11)16-8-17-15/h6,8-10,12-13H,7H2,1-5H3/t12-,13-/m1/s1. The Kier molecular flexibility index (Phi) is 3.15. The number of aromatic nitrogens is 4. The molecule has 1 fully saturated rings. The van der Waals surface area contributed by atoms with E-state index < -0.39 is 0 Å². The minimum Gasteiger partial charge on any atom is -0.352 e. The summed E-state index contributed by atoms with van der Waals surface area (Å²) >= 11 is 0. The van der Waals surface area contributed by atoms with Crippen LogP contribution in [0.3, 0.4) is 0 Å². The van der Waals surface area contributed by atoms with Crippen molar-refractivity contribution in [2.75, 3.05) is 11.4 Å². The van der Waals surface area contributed by atoms with Crippen LogP contribution in [0.15, 0.2) is 12.5 Å². The van der Waals surface area contributed by atoms with E-state index in [0.29, 0.717) is 17.9 Å². The second-order valence-electron chi connectivity index (χ2n) is 6.50. The van der Waals surface area contributed by atoms with E-state index in [9.17, 15) is 0 Å². The molecule has 0 saturated carbocycles. The Labute approximate surface area is 120 Å². The summed E-state index contributed by atoms with van der Waals surface area (Å²) < 4.78 is 1.81. The molecule has 0 amide bonds. The molecule has 0 spiro atoms. The van der Waals surface area contributed by atoms with Gasteiger partial charge in [0.2, 0.25) is 0 Å². The van der Waals surface area contributed by atoms with E-state index in [0.717, 1.165) is 29.3 Å². The van der Waals surface area contributed by atoms with Gasteiger partial charge in [-0.2, -0.15) is 5.10 Å². The first kappa shape index (κ1) is 13.3. The summed E-state index contributed by atoms with van der Waals surface area (Å²) in [7, 11) is 1.92. The molecule has 1 saturated heterocycles. The molecule has 1 aliphatic rings. The second kappa shape index (κ2) is 4.72. The molecule has 2 atom stereocenters. The van der Waals surface area contributed by atoms with Gasteiger partial charge in [0.05, 0.1) is 11.6 Å². The molecule has 3 heterocycles. The second-order valence-corrected chi connectivity index (χ2v) is 6.50. The van der Waals surface area contributed by atoms with Crippen molar-refractivity contribution < 1.29 is 0 Å². The molecule has 5 heteroatoms. The number of hydrogen-bond donors (Lipinski definition) is 0. The molecule has 3 rings (SSSR count). The summed E-state index contributed by atoms with van der Waals surface area (Å²) in [6.45, 7) is 10.3. The fourth-order valence-electron chi connectivity index (χ4n) is 3.42. The average molecular weight is 273 g/mol. The van der Waals surface area contributed by atoms with Crippen molar-refractivity contribution in [2.24, 2.45) is 24.8 Å². The van der Waals surface area contributed by atoms with Gasteiger partial charge >= 0.3 is 0 Å². The Morgan fingerprint density at radius 2 is 1.90 bits per heavy atom. The summed E-state index contributed by atoms with van der Waals surface area (Å²) in [4.78, 5) is 11.3. The molecule has 2 aromatic rings. The van der Waals surface area contributed by atoms with Crippen LogP contribution in [0.2, 0.25) is 0 Å². The predicted molar refractivity (Wildman–Crippen MR) is 80.6 cm³/mol. The lowest BCUT2D eigenvalue weighted by molar-refractivity contribution is 0.176. The maximum absolute atomic E-state index is 4.53. The smallest absolute Gasteiger partial charge is 0.163 e. The zero-order valence-electron chi connectivity index (χ0n) is 12.9. The van der Waals surface area contributed by atoms with Crippen molar-refractivity contribution in [3.05, 3.63) is 12.5 Å². The van der Waals surface area contributed by atoms with E-state index in [1.807, 2.05) is 17.9 Å². The van der Waals surface area contributed by atoms with Gasteiger partial charge in [0.15, 0.2) is 5.65 Å². The van der Waals surface area contributed by atoms with E-state index in [1.165, 1.54) is 0 Å². The Morgan fingerprint density at radius 3 is 2.55 bits per heavy atom. The van der Waals surface area contributed by atoms with Gasteiger partial charge in [-0.05, 0) is 17.8 Å². The van der Waals surface area contributed by atoms with E-state index in [1.54, 1.807) is 6.33 Å². The van der Waals surface area contributed by atoms with Gasteiger partial charge < -0.3 is 4.90 Å². The highest BCUT2D eigenvalue weighted by Crippen LogP contribution is 2.40. The SMILES string of the molecule is CC(C)[C@H]1CN(c2ncnc3c2cnn3C)[C@@H]1C(C)C. The molecule has 2 aromatic heterocycles. The highest BCUT2D eigenvalue weighted by atomic mass is 15.3. The molecule has 0 aliphatic carbocycles. The zero-order chi connectivity index (χ0) is 14.4. The molecule has 108 valence electrons. The molecule has 0 N–H and O–H groups in total. The molecule has 1 aliphatic heterocycles. The molecule has 0 radical (unpaired) electrons. The fraction of sp³-hybridized carbons (Fsp3) is 0.667. The van der Waals surface area contributed by atoms with Gasteiger partial charge in [0, 0.05) is 19.6 Å². The first-order valence-corrected chi connectivity index (χ1v) is 7.40. The van der Waals surface area contributed by atoms with Gasteiger partial charge in [-0.15, -0.1) is 0 Å². The highest BCUT2D eigenvalue weighted by Gasteiger charge is 2.43. The van der Waals surface area contributed by atoms with E-state index in [4.69, 9.17) is 0 Å². The van der Waals surface area contributed by atoms with Crippen LogP contribution in [0.25, 0.3) is 11.0 Å². The Hall–Kier alpha value is -1.65. The van der Waals surface area contributed by atoms with E-state index in [2.05, 4.69) is 47.7 Å². The largest absolute Gasteiger partial charge is 0.352 e. The van der Waals surface area contributed by atoms with Crippen molar-refractivity contribution in [3.63, 3.8) is 0 Å². The number of anilines is 1. The first-order chi connectivity index (χ1) is 9.50. The molecule has 0 unspecified atom stereocenters. The molecular weight excluding hydrogens is 250 g/mol. The normalized spacial score (nSPS) is 22.9. The topological polar surface area (TPSA) is 46.8 Å². The zero-order valence-corrected chi connectivity index (χ0v) is 12.9. The third kappa shape index (κ3) is 1.87. The van der Waals surface area contributed by atoms with Gasteiger partial charge in [-0.1, -0.05) is 27.7 Å². The quantitative estimate of drug-likeness (QED) is 0.862. The van der Waals surface area contributed by atoms with Crippen molar-refractivity contribution in [1.82, 2.24) is 19.7 Å². The summed E-state index contributed by atoms with van der Waals surface area (Å²) in [5.41, 5.74) is 0.908. The summed E-state index contributed by atoms with van der Waals surface area (Å²) in [5, 5.41) is 5.37. The van der Waals surface area contributed by atoms with Gasteiger partial charge in [-0.3, -0.25) is 4.68 Å². The summed E-state index contributed by atoms with van der Waals surface area (Å²) in [5.74, 6) is 3.12. The van der Waals surface area contributed by atoms with Gasteiger partial charge in [0.1, 0.15) is 12.1 Å². The van der Waals surface area contributed by atoms with Crippen molar-refractivity contribution in [3.8, 4) is 0 Å². The number of nitrogens with zero attached hydrogens (tertiary/aromatic N) is 5. The maximum Gasteiger partial charge on any atom is 0.163 e. The molecule has 5 nitrogen and oxygen atoms in total. The summed E-state index contributed by atoms with van der Waals surface area (Å²) in [6, 6.07) is 0.563. The minimum atomic E-state index is 0.563. The average Bonchev–Trinajstić information content (AvgIpc) is 2.70. The van der Waals surface area contributed by atoms with Crippen LogP contribution in [0.4, 0.5) is 5.82 Å². The number of rotatable bonds is 3. The van der Waals surface area contributed by atoms with E-state index in [-0.39, 0.29) is 0 Å². The summed E-state index contributed by atoms with van der Waals surface area (Å²) in [6.07, 6.45) is 3.53. The number of fused-ring (bicyclic) bond motifs is 1. The van der Waals surface area contributed by atoms with Crippen molar-refractivity contribution in [2.45, 2.75) is 33.7 Å². The molecule has 20 heavy (non-hydrogen) atoms. The predicted octanol–water partition coefficient (Wildman–Crippen LogP) is 2.48. The Balaban J connectivity index is 2.00. The lowest BCUT2D eigenvalue weighted by Crippen LogP contribution is -2.61. The van der Waals surface area contributed by atoms with Crippen molar-refractivity contribution >= 4 is 16.9 Å². The Bertz CT molecular complexity index is 616. The van der Waals surface area contributed by atoms with Crippen LogP contribution in [0.5, 0.6) is 0 Å². The van der Waals surface area contributed by atoms with Gasteiger partial charge in [-0.25, -0.2) is 9.97 Å². The molecule has 0 bridgehead atoms. The molecular formula is C15H23N5. The Morgan fingerprint density at radius 1 is 1.15 bits per heavy atom. The van der Waals surface area contributed by atoms with Crippen LogP contribution < -0.4 is 4.90 Å². The van der Waals surface area contributed by atoms with Gasteiger partial charge in [0.25, 0.3) is 0 Å². The minimum absolute atomic E-state index is 0.563. The van der Waals surface area contributed by atoms with Crippen LogP contribution in [0.1, 0.15) is 27.7 Å². The maximum atomic E-state index is 4.53. The molecule has 0 aromatic carbocycles. The number of hydrogen-bond acceptors (Lipinski definition) is 4. The highest BCUT2D eigenvalue weighted by molar-refractivity contribution is 5.87. The van der Waals surface area contributed by atoms with Crippen LogP contribution in [0, 0.1) is 17.8 Å². The lowest BCUT2D eigenvalue weighted by atomic mass is 9.74. The third-order valence-corrected chi connectivity index (χ3v) is 4.53. The van der Waals surface area contributed by atoms with E-state index >= 15 is 0 Å². The number of aryl methyl sites for hydroxylation is 1. The fourth-order valence-corrected chi connectivity index (χ4v) is 3.42.